The average molecular weight is 329 g/mol. The summed E-state index contributed by atoms with van der Waals surface area (Å²) in [5.41, 5.74) is 1.96. The van der Waals surface area contributed by atoms with E-state index in [4.69, 9.17) is 0 Å². The van der Waals surface area contributed by atoms with E-state index in [1.807, 2.05) is 17.0 Å². The van der Waals surface area contributed by atoms with Gasteiger partial charge in [-0.25, -0.2) is 8.42 Å². The molecule has 2 heterocycles. The molecule has 1 N–H and O–H groups in total. The number of pyridine rings is 1. The van der Waals surface area contributed by atoms with Gasteiger partial charge in [0.1, 0.15) is 5.37 Å². The molecule has 0 aromatic carbocycles. The maximum absolute atomic E-state index is 11.9. The number of aromatic nitrogens is 1. The Labute approximate surface area is 131 Å². The Balaban J connectivity index is 2.08. The quantitative estimate of drug-likeness (QED) is 0.859. The number of hydrogen-bond donors (Lipinski definition) is 1. The Morgan fingerprint density at radius 3 is 3.05 bits per heavy atom. The highest BCUT2D eigenvalue weighted by atomic mass is 32.2. The van der Waals surface area contributed by atoms with Crippen molar-refractivity contribution < 1.29 is 8.42 Å². The van der Waals surface area contributed by atoms with Crippen molar-refractivity contribution in [3.8, 4) is 0 Å². The topological polar surface area (TPSA) is 62.3 Å². The van der Waals surface area contributed by atoms with Crippen molar-refractivity contribution in [1.29, 1.82) is 0 Å². The summed E-state index contributed by atoms with van der Waals surface area (Å²) in [6.07, 6.45) is 4.17. The number of sulfone groups is 1. The second-order valence-corrected chi connectivity index (χ2v) is 8.65. The first-order valence-corrected chi connectivity index (χ1v) is 10.3. The van der Waals surface area contributed by atoms with Crippen molar-refractivity contribution in [2.45, 2.75) is 25.3 Å². The standard InChI is InChI=1S/C14H23N3O2S2/c1-3-5-15-12-4-6-16-13(9-12)10-17-7-8-20-11-14(17)21(2,18)19/h4,6,9,14H,3,5,7-8,10-11H2,1-2H3,(H,15,16). The van der Waals surface area contributed by atoms with Gasteiger partial charge in [0, 0.05) is 49.3 Å². The van der Waals surface area contributed by atoms with Gasteiger partial charge in [0.2, 0.25) is 0 Å². The van der Waals surface area contributed by atoms with Crippen molar-refractivity contribution in [2.24, 2.45) is 0 Å². The van der Waals surface area contributed by atoms with Gasteiger partial charge in [0.15, 0.2) is 9.84 Å². The first-order chi connectivity index (χ1) is 10.0. The van der Waals surface area contributed by atoms with Gasteiger partial charge in [0.25, 0.3) is 0 Å². The number of hydrogen-bond acceptors (Lipinski definition) is 6. The van der Waals surface area contributed by atoms with Crippen molar-refractivity contribution in [2.75, 3.05) is 36.2 Å². The molecule has 0 spiro atoms. The molecule has 21 heavy (non-hydrogen) atoms. The summed E-state index contributed by atoms with van der Waals surface area (Å²) in [5, 5.41) is 2.93. The van der Waals surface area contributed by atoms with Gasteiger partial charge in [-0.2, -0.15) is 11.8 Å². The normalized spacial score (nSPS) is 20.4. The molecule has 7 heteroatoms. The molecule has 0 amide bonds. The number of rotatable bonds is 6. The van der Waals surface area contributed by atoms with E-state index in [0.717, 1.165) is 36.6 Å². The number of thioether (sulfide) groups is 1. The van der Waals surface area contributed by atoms with Crippen molar-refractivity contribution >= 4 is 27.3 Å². The van der Waals surface area contributed by atoms with E-state index in [2.05, 4.69) is 17.2 Å². The molecule has 5 nitrogen and oxygen atoms in total. The number of nitrogens with one attached hydrogen (secondary N) is 1. The first kappa shape index (κ1) is 16.6. The fourth-order valence-corrected chi connectivity index (χ4v) is 5.28. The van der Waals surface area contributed by atoms with Crippen LogP contribution < -0.4 is 5.32 Å². The van der Waals surface area contributed by atoms with Crippen LogP contribution in [0.1, 0.15) is 19.0 Å². The van der Waals surface area contributed by atoms with Crippen molar-refractivity contribution in [3.63, 3.8) is 0 Å². The average Bonchev–Trinajstić information content (AvgIpc) is 2.45. The van der Waals surface area contributed by atoms with Crippen LogP contribution in [0.5, 0.6) is 0 Å². The maximum Gasteiger partial charge on any atom is 0.164 e. The minimum Gasteiger partial charge on any atom is -0.385 e. The van der Waals surface area contributed by atoms with Crippen LogP contribution in [0.15, 0.2) is 18.3 Å². The molecule has 0 bridgehead atoms. The molecule has 1 fully saturated rings. The van der Waals surface area contributed by atoms with Gasteiger partial charge in [0.05, 0.1) is 5.69 Å². The summed E-state index contributed by atoms with van der Waals surface area (Å²) >= 11 is 1.70. The minimum absolute atomic E-state index is 0.398. The Bertz CT molecular complexity index is 563. The number of nitrogens with zero attached hydrogens (tertiary/aromatic N) is 2. The highest BCUT2D eigenvalue weighted by molar-refractivity contribution is 8.00. The van der Waals surface area contributed by atoms with Crippen molar-refractivity contribution in [3.05, 3.63) is 24.0 Å². The Kier molecular flexibility index (Phi) is 5.89. The van der Waals surface area contributed by atoms with Gasteiger partial charge >= 0.3 is 0 Å². The molecule has 1 unspecified atom stereocenters. The Morgan fingerprint density at radius 1 is 1.52 bits per heavy atom. The summed E-state index contributed by atoms with van der Waals surface area (Å²) < 4.78 is 23.8. The SMILES string of the molecule is CCCNc1ccnc(CN2CCSCC2S(C)(=O)=O)c1. The Hall–Kier alpha value is -0.790. The predicted molar refractivity (Wildman–Crippen MR) is 89.4 cm³/mol. The zero-order valence-corrected chi connectivity index (χ0v) is 14.2. The van der Waals surface area contributed by atoms with Gasteiger partial charge in [-0.15, -0.1) is 0 Å². The van der Waals surface area contributed by atoms with Crippen LogP contribution in [0.25, 0.3) is 0 Å². The summed E-state index contributed by atoms with van der Waals surface area (Å²) in [6, 6.07) is 3.95. The van der Waals surface area contributed by atoms with E-state index < -0.39 is 15.2 Å². The predicted octanol–water partition coefficient (Wildman–Crippen LogP) is 1.82. The molecule has 0 saturated carbocycles. The van der Waals surface area contributed by atoms with Gasteiger partial charge in [-0.1, -0.05) is 6.92 Å². The van der Waals surface area contributed by atoms with E-state index in [-0.39, 0.29) is 0 Å². The molecule has 1 aromatic heterocycles. The molecule has 1 saturated heterocycles. The summed E-state index contributed by atoms with van der Waals surface area (Å²) in [5.74, 6) is 1.62. The first-order valence-electron chi connectivity index (χ1n) is 7.20. The lowest BCUT2D eigenvalue weighted by molar-refractivity contribution is 0.259. The fraction of sp³-hybridized carbons (Fsp3) is 0.643. The van der Waals surface area contributed by atoms with E-state index in [1.54, 1.807) is 18.0 Å². The molecular weight excluding hydrogens is 306 g/mol. The molecule has 0 aliphatic carbocycles. The lowest BCUT2D eigenvalue weighted by Crippen LogP contribution is -2.46. The van der Waals surface area contributed by atoms with Crippen LogP contribution in [-0.2, 0) is 16.4 Å². The van der Waals surface area contributed by atoms with E-state index >= 15 is 0 Å². The lowest BCUT2D eigenvalue weighted by Gasteiger charge is -2.33. The van der Waals surface area contributed by atoms with Crippen LogP contribution >= 0.6 is 11.8 Å². The van der Waals surface area contributed by atoms with Gasteiger partial charge in [-0.05, 0) is 18.6 Å². The molecule has 2 rings (SSSR count). The molecule has 1 aliphatic rings. The van der Waals surface area contributed by atoms with Crippen LogP contribution in [0.4, 0.5) is 5.69 Å². The van der Waals surface area contributed by atoms with Crippen LogP contribution in [0, 0.1) is 0 Å². The van der Waals surface area contributed by atoms with Crippen LogP contribution in [0.3, 0.4) is 0 Å². The summed E-state index contributed by atoms with van der Waals surface area (Å²) in [4.78, 5) is 6.40. The zero-order valence-electron chi connectivity index (χ0n) is 12.6. The summed E-state index contributed by atoms with van der Waals surface area (Å²) in [6.45, 7) is 4.42. The number of anilines is 1. The largest absolute Gasteiger partial charge is 0.385 e. The van der Waals surface area contributed by atoms with Gasteiger partial charge in [-0.3, -0.25) is 9.88 Å². The van der Waals surface area contributed by atoms with Gasteiger partial charge < -0.3 is 5.32 Å². The summed E-state index contributed by atoms with van der Waals surface area (Å²) in [7, 11) is -3.06. The highest BCUT2D eigenvalue weighted by Gasteiger charge is 2.31. The van der Waals surface area contributed by atoms with E-state index in [1.165, 1.54) is 6.26 Å². The third-order valence-electron chi connectivity index (χ3n) is 3.45. The zero-order chi connectivity index (χ0) is 15.3. The molecule has 1 aliphatic heterocycles. The monoisotopic (exact) mass is 329 g/mol. The fourth-order valence-electron chi connectivity index (χ4n) is 2.34. The molecule has 0 radical (unpaired) electrons. The maximum atomic E-state index is 11.9. The molecule has 1 aromatic rings. The third kappa shape index (κ3) is 4.86. The highest BCUT2D eigenvalue weighted by Crippen LogP contribution is 2.22. The Morgan fingerprint density at radius 2 is 2.33 bits per heavy atom. The van der Waals surface area contributed by atoms with E-state index in [0.29, 0.717) is 12.3 Å². The lowest BCUT2D eigenvalue weighted by atomic mass is 10.3. The smallest absolute Gasteiger partial charge is 0.164 e. The second-order valence-electron chi connectivity index (χ2n) is 5.29. The second kappa shape index (κ2) is 7.47. The molecular formula is C14H23N3O2S2. The van der Waals surface area contributed by atoms with E-state index in [9.17, 15) is 8.42 Å². The van der Waals surface area contributed by atoms with Crippen LogP contribution in [0.2, 0.25) is 0 Å². The molecule has 1 atom stereocenters. The minimum atomic E-state index is -3.06. The third-order valence-corrected chi connectivity index (χ3v) is 6.13. The molecule has 118 valence electrons. The van der Waals surface area contributed by atoms with Crippen molar-refractivity contribution in [1.82, 2.24) is 9.88 Å². The van der Waals surface area contributed by atoms with Crippen LogP contribution in [-0.4, -0.2) is 54.5 Å².